The molecule has 0 spiro atoms. The summed E-state index contributed by atoms with van der Waals surface area (Å²) >= 11 is 0. The molecular formula is C25H27N3O4. The molecule has 166 valence electrons. The van der Waals surface area contributed by atoms with Crippen LogP contribution in [0.15, 0.2) is 57.7 Å². The first-order valence-corrected chi connectivity index (χ1v) is 11.4. The highest BCUT2D eigenvalue weighted by atomic mass is 16.4. The van der Waals surface area contributed by atoms with Crippen LogP contribution in [0.5, 0.6) is 0 Å². The predicted molar refractivity (Wildman–Crippen MR) is 120 cm³/mol. The van der Waals surface area contributed by atoms with Gasteiger partial charge in [-0.1, -0.05) is 24.3 Å². The van der Waals surface area contributed by atoms with Gasteiger partial charge in [0.05, 0.1) is 5.52 Å². The van der Waals surface area contributed by atoms with Gasteiger partial charge in [0.1, 0.15) is 0 Å². The van der Waals surface area contributed by atoms with Crippen LogP contribution in [0.3, 0.4) is 0 Å². The van der Waals surface area contributed by atoms with E-state index >= 15 is 0 Å². The lowest BCUT2D eigenvalue weighted by molar-refractivity contribution is -0.132. The third-order valence-electron chi connectivity index (χ3n) is 6.14. The second kappa shape index (κ2) is 8.65. The van der Waals surface area contributed by atoms with Crippen LogP contribution < -0.4 is 11.1 Å². The van der Waals surface area contributed by atoms with Crippen molar-refractivity contribution in [3.05, 3.63) is 70.2 Å². The maximum atomic E-state index is 13.0. The molecule has 1 N–H and O–H groups in total. The standard InChI is InChI=1S/C25H27N3O4/c29-23(6-3-15-27-21-4-1-2-5-22(21)32-25(27)31)28(20-13-14-20)16-17-7-9-18(10-8-17)24(30)26-19-11-12-19/h1-2,4-5,7-10,19-20H,3,6,11-16H2,(H,26,30). The predicted octanol–water partition coefficient (Wildman–Crippen LogP) is 3.46. The van der Waals surface area contributed by atoms with E-state index in [4.69, 9.17) is 4.42 Å². The van der Waals surface area contributed by atoms with E-state index < -0.39 is 0 Å². The fourth-order valence-electron chi connectivity index (χ4n) is 4.02. The normalized spacial score (nSPS) is 15.6. The van der Waals surface area contributed by atoms with Gasteiger partial charge in [0, 0.05) is 37.2 Å². The first-order chi connectivity index (χ1) is 15.6. The Bertz CT molecular complexity index is 1190. The zero-order chi connectivity index (χ0) is 22.1. The Kier molecular flexibility index (Phi) is 5.55. The molecule has 5 rings (SSSR count). The lowest BCUT2D eigenvalue weighted by atomic mass is 10.1. The smallest absolute Gasteiger partial charge is 0.408 e. The van der Waals surface area contributed by atoms with E-state index in [0.717, 1.165) is 36.8 Å². The molecular weight excluding hydrogens is 406 g/mol. The van der Waals surface area contributed by atoms with Crippen LogP contribution in [0.25, 0.3) is 11.1 Å². The lowest BCUT2D eigenvalue weighted by Gasteiger charge is -2.23. The number of amides is 2. The molecule has 7 heteroatoms. The summed E-state index contributed by atoms with van der Waals surface area (Å²) in [6, 6.07) is 15.5. The van der Waals surface area contributed by atoms with E-state index in [0.29, 0.717) is 43.1 Å². The molecule has 2 aliphatic rings. The number of fused-ring (bicyclic) bond motifs is 1. The van der Waals surface area contributed by atoms with Crippen molar-refractivity contribution in [2.24, 2.45) is 0 Å². The topological polar surface area (TPSA) is 84.5 Å². The maximum absolute atomic E-state index is 13.0. The van der Waals surface area contributed by atoms with Crippen molar-refractivity contribution in [2.45, 2.75) is 63.7 Å². The minimum Gasteiger partial charge on any atom is -0.408 e. The van der Waals surface area contributed by atoms with E-state index in [1.807, 2.05) is 47.4 Å². The van der Waals surface area contributed by atoms with Crippen LogP contribution in [0.4, 0.5) is 0 Å². The van der Waals surface area contributed by atoms with Crippen LogP contribution in [0.2, 0.25) is 0 Å². The first-order valence-electron chi connectivity index (χ1n) is 11.4. The van der Waals surface area contributed by atoms with Gasteiger partial charge in [-0.05, 0) is 61.9 Å². The van der Waals surface area contributed by atoms with Crippen molar-refractivity contribution in [3.8, 4) is 0 Å². The quantitative estimate of drug-likeness (QED) is 0.560. The van der Waals surface area contributed by atoms with Gasteiger partial charge >= 0.3 is 5.76 Å². The van der Waals surface area contributed by atoms with Crippen molar-refractivity contribution in [1.82, 2.24) is 14.8 Å². The minimum absolute atomic E-state index is 0.0313. The summed E-state index contributed by atoms with van der Waals surface area (Å²) in [4.78, 5) is 39.2. The van der Waals surface area contributed by atoms with Crippen molar-refractivity contribution >= 4 is 22.9 Å². The second-order valence-electron chi connectivity index (χ2n) is 8.79. The molecule has 32 heavy (non-hydrogen) atoms. The molecule has 0 unspecified atom stereocenters. The van der Waals surface area contributed by atoms with Gasteiger partial charge in [-0.3, -0.25) is 14.2 Å². The zero-order valence-electron chi connectivity index (χ0n) is 18.0. The summed E-state index contributed by atoms with van der Waals surface area (Å²) in [6.07, 6.45) is 5.14. The summed E-state index contributed by atoms with van der Waals surface area (Å²) < 4.78 is 6.86. The van der Waals surface area contributed by atoms with Gasteiger partial charge in [-0.15, -0.1) is 0 Å². The van der Waals surface area contributed by atoms with Crippen molar-refractivity contribution < 1.29 is 14.0 Å². The van der Waals surface area contributed by atoms with Crippen LogP contribution in [-0.4, -0.2) is 33.4 Å². The third kappa shape index (κ3) is 4.61. The molecule has 0 aliphatic heterocycles. The average molecular weight is 434 g/mol. The number of benzene rings is 2. The Hall–Kier alpha value is -3.35. The number of oxazole rings is 1. The van der Waals surface area contributed by atoms with Crippen LogP contribution >= 0.6 is 0 Å². The van der Waals surface area contributed by atoms with Crippen LogP contribution in [-0.2, 0) is 17.9 Å². The molecule has 2 amide bonds. The Morgan fingerprint density at radius 2 is 1.78 bits per heavy atom. The molecule has 0 radical (unpaired) electrons. The summed E-state index contributed by atoms with van der Waals surface area (Å²) in [5.74, 6) is -0.316. The SMILES string of the molecule is O=C(NC1CC1)c1ccc(CN(C(=O)CCCn2c(=O)oc3ccccc32)C2CC2)cc1. The zero-order valence-corrected chi connectivity index (χ0v) is 18.0. The van der Waals surface area contributed by atoms with E-state index in [9.17, 15) is 14.4 Å². The van der Waals surface area contributed by atoms with Gasteiger partial charge in [0.25, 0.3) is 5.91 Å². The molecule has 0 saturated heterocycles. The number of para-hydroxylation sites is 2. The number of carbonyl (C=O) groups excluding carboxylic acids is 2. The van der Waals surface area contributed by atoms with E-state index in [-0.39, 0.29) is 23.6 Å². The van der Waals surface area contributed by atoms with Gasteiger partial charge in [-0.2, -0.15) is 0 Å². The molecule has 2 fully saturated rings. The molecule has 3 aromatic rings. The molecule has 0 bridgehead atoms. The third-order valence-corrected chi connectivity index (χ3v) is 6.14. The number of nitrogens with zero attached hydrogens (tertiary/aromatic N) is 2. The highest BCUT2D eigenvalue weighted by molar-refractivity contribution is 5.94. The number of aromatic nitrogens is 1. The number of carbonyl (C=O) groups is 2. The number of hydrogen-bond acceptors (Lipinski definition) is 4. The molecule has 1 aromatic heterocycles. The molecule has 2 aliphatic carbocycles. The fourth-order valence-corrected chi connectivity index (χ4v) is 4.02. The minimum atomic E-state index is -0.386. The van der Waals surface area contributed by atoms with Gasteiger partial charge < -0.3 is 14.6 Å². The Labute approximate surface area is 186 Å². The molecule has 0 atom stereocenters. The van der Waals surface area contributed by atoms with Crippen molar-refractivity contribution in [3.63, 3.8) is 0 Å². The van der Waals surface area contributed by atoms with Gasteiger partial charge in [-0.25, -0.2) is 4.79 Å². The summed E-state index contributed by atoms with van der Waals surface area (Å²) in [7, 11) is 0. The number of aryl methyl sites for hydroxylation is 1. The average Bonchev–Trinajstić information content (AvgIpc) is 3.72. The molecule has 7 nitrogen and oxygen atoms in total. The van der Waals surface area contributed by atoms with Crippen molar-refractivity contribution in [2.75, 3.05) is 0 Å². The Balaban J connectivity index is 1.18. The lowest BCUT2D eigenvalue weighted by Crippen LogP contribution is -2.32. The van der Waals surface area contributed by atoms with Crippen LogP contribution in [0.1, 0.15) is 54.4 Å². The Morgan fingerprint density at radius 3 is 2.50 bits per heavy atom. The Morgan fingerprint density at radius 1 is 1.03 bits per heavy atom. The highest BCUT2D eigenvalue weighted by Crippen LogP contribution is 2.29. The monoisotopic (exact) mass is 433 g/mol. The first kappa shape index (κ1) is 20.5. The van der Waals surface area contributed by atoms with Crippen LogP contribution in [0, 0.1) is 0 Å². The molecule has 2 saturated carbocycles. The van der Waals surface area contributed by atoms with Crippen molar-refractivity contribution in [1.29, 1.82) is 0 Å². The maximum Gasteiger partial charge on any atom is 0.419 e. The largest absolute Gasteiger partial charge is 0.419 e. The molecule has 2 aromatic carbocycles. The van der Waals surface area contributed by atoms with E-state index in [1.165, 1.54) is 0 Å². The number of hydrogen-bond donors (Lipinski definition) is 1. The summed E-state index contributed by atoms with van der Waals surface area (Å²) in [6.45, 7) is 0.994. The van der Waals surface area contributed by atoms with Gasteiger partial charge in [0.15, 0.2) is 5.58 Å². The summed E-state index contributed by atoms with van der Waals surface area (Å²) in [5.41, 5.74) is 3.00. The number of nitrogens with one attached hydrogen (secondary N) is 1. The number of rotatable bonds is 9. The molecule has 1 heterocycles. The second-order valence-corrected chi connectivity index (χ2v) is 8.79. The van der Waals surface area contributed by atoms with E-state index in [1.54, 1.807) is 10.6 Å². The highest BCUT2D eigenvalue weighted by Gasteiger charge is 2.32. The van der Waals surface area contributed by atoms with E-state index in [2.05, 4.69) is 5.32 Å². The fraction of sp³-hybridized carbons (Fsp3) is 0.400. The summed E-state index contributed by atoms with van der Waals surface area (Å²) in [5, 5.41) is 2.99. The van der Waals surface area contributed by atoms with Gasteiger partial charge in [0.2, 0.25) is 5.91 Å².